The number of halogens is 1. The van der Waals surface area contributed by atoms with Gasteiger partial charge in [0.05, 0.1) is 6.10 Å². The number of anilines is 1. The van der Waals surface area contributed by atoms with E-state index in [1.54, 1.807) is 0 Å². The Bertz CT molecular complexity index is 438. The molecule has 1 aliphatic rings. The SMILES string of the molecule is CCCNCc1ccc(Cl)cc1N1CCC(O)C(C)C1. The van der Waals surface area contributed by atoms with Crippen LogP contribution in [-0.4, -0.2) is 30.8 Å². The van der Waals surface area contributed by atoms with E-state index >= 15 is 0 Å². The van der Waals surface area contributed by atoms with Crippen LogP contribution in [0.4, 0.5) is 5.69 Å². The first-order chi connectivity index (χ1) is 9.61. The van der Waals surface area contributed by atoms with Gasteiger partial charge in [0.15, 0.2) is 0 Å². The molecule has 2 N–H and O–H groups in total. The maximum absolute atomic E-state index is 9.87. The topological polar surface area (TPSA) is 35.5 Å². The van der Waals surface area contributed by atoms with Crippen LogP contribution in [0.1, 0.15) is 32.3 Å². The van der Waals surface area contributed by atoms with Crippen LogP contribution in [0.2, 0.25) is 5.02 Å². The van der Waals surface area contributed by atoms with E-state index in [4.69, 9.17) is 11.6 Å². The summed E-state index contributed by atoms with van der Waals surface area (Å²) in [5, 5.41) is 14.1. The van der Waals surface area contributed by atoms with Gasteiger partial charge in [-0.1, -0.05) is 31.5 Å². The molecule has 112 valence electrons. The van der Waals surface area contributed by atoms with E-state index in [-0.39, 0.29) is 6.10 Å². The molecule has 0 aromatic heterocycles. The fourth-order valence-corrected chi connectivity index (χ4v) is 2.90. The lowest BCUT2D eigenvalue weighted by atomic mass is 9.95. The van der Waals surface area contributed by atoms with Crippen molar-refractivity contribution in [2.45, 2.75) is 39.3 Å². The van der Waals surface area contributed by atoms with Crippen molar-refractivity contribution in [1.29, 1.82) is 0 Å². The maximum atomic E-state index is 9.87. The third kappa shape index (κ3) is 3.87. The predicted octanol–water partition coefficient (Wildman–Crippen LogP) is 3.05. The lowest BCUT2D eigenvalue weighted by molar-refractivity contribution is 0.0970. The van der Waals surface area contributed by atoms with Crippen molar-refractivity contribution in [1.82, 2.24) is 5.32 Å². The molecule has 0 saturated carbocycles. The predicted molar refractivity (Wildman–Crippen MR) is 85.5 cm³/mol. The largest absolute Gasteiger partial charge is 0.393 e. The zero-order chi connectivity index (χ0) is 14.5. The number of aliphatic hydroxyl groups is 1. The number of rotatable bonds is 5. The van der Waals surface area contributed by atoms with Crippen LogP contribution in [0.15, 0.2) is 18.2 Å². The summed E-state index contributed by atoms with van der Waals surface area (Å²) in [6.45, 7) is 7.96. The minimum atomic E-state index is -0.174. The summed E-state index contributed by atoms with van der Waals surface area (Å²) in [5.74, 6) is 0.305. The number of aliphatic hydroxyl groups excluding tert-OH is 1. The highest BCUT2D eigenvalue weighted by atomic mass is 35.5. The molecule has 3 nitrogen and oxygen atoms in total. The number of nitrogens with one attached hydrogen (secondary N) is 1. The summed E-state index contributed by atoms with van der Waals surface area (Å²) in [7, 11) is 0. The third-order valence-electron chi connectivity index (χ3n) is 3.99. The molecule has 2 unspecified atom stereocenters. The molecule has 1 aromatic carbocycles. The standard InChI is InChI=1S/C16H25ClN2O/c1-3-7-18-10-13-4-5-14(17)9-15(13)19-8-6-16(20)12(2)11-19/h4-5,9,12,16,18,20H,3,6-8,10-11H2,1-2H3. The average molecular weight is 297 g/mol. The lowest BCUT2D eigenvalue weighted by Gasteiger charge is -2.37. The van der Waals surface area contributed by atoms with Crippen molar-refractivity contribution >= 4 is 17.3 Å². The zero-order valence-corrected chi connectivity index (χ0v) is 13.2. The van der Waals surface area contributed by atoms with Gasteiger partial charge in [-0.05, 0) is 43.0 Å². The zero-order valence-electron chi connectivity index (χ0n) is 12.4. The number of nitrogens with zero attached hydrogens (tertiary/aromatic N) is 1. The Hall–Kier alpha value is -0.770. The Labute approximate surface area is 126 Å². The Morgan fingerprint density at radius 2 is 2.25 bits per heavy atom. The summed E-state index contributed by atoms with van der Waals surface area (Å²) in [6.07, 6.45) is 1.79. The van der Waals surface area contributed by atoms with Gasteiger partial charge in [0.25, 0.3) is 0 Å². The summed E-state index contributed by atoms with van der Waals surface area (Å²) < 4.78 is 0. The molecule has 0 aliphatic carbocycles. The highest BCUT2D eigenvalue weighted by Crippen LogP contribution is 2.29. The number of piperidine rings is 1. The second kappa shape index (κ2) is 7.30. The molecule has 1 saturated heterocycles. The second-order valence-electron chi connectivity index (χ2n) is 5.73. The van der Waals surface area contributed by atoms with Gasteiger partial charge < -0.3 is 15.3 Å². The third-order valence-corrected chi connectivity index (χ3v) is 4.23. The van der Waals surface area contributed by atoms with Crippen molar-refractivity contribution in [2.75, 3.05) is 24.5 Å². The average Bonchev–Trinajstić information content (AvgIpc) is 2.44. The minimum Gasteiger partial charge on any atom is -0.393 e. The smallest absolute Gasteiger partial charge is 0.0599 e. The molecule has 4 heteroatoms. The summed E-state index contributed by atoms with van der Waals surface area (Å²) >= 11 is 6.17. The molecule has 0 spiro atoms. The van der Waals surface area contributed by atoms with Gasteiger partial charge in [-0.3, -0.25) is 0 Å². The van der Waals surface area contributed by atoms with Crippen molar-refractivity contribution in [3.8, 4) is 0 Å². The molecule has 0 radical (unpaired) electrons. The van der Waals surface area contributed by atoms with Crippen LogP contribution in [0.5, 0.6) is 0 Å². The van der Waals surface area contributed by atoms with E-state index in [1.807, 2.05) is 6.07 Å². The Kier molecular flexibility index (Phi) is 5.70. The van der Waals surface area contributed by atoms with E-state index in [0.29, 0.717) is 5.92 Å². The van der Waals surface area contributed by atoms with Crippen LogP contribution < -0.4 is 10.2 Å². The van der Waals surface area contributed by atoms with E-state index in [0.717, 1.165) is 44.0 Å². The van der Waals surface area contributed by atoms with Crippen LogP contribution in [0, 0.1) is 5.92 Å². The molecule has 1 heterocycles. The molecule has 1 fully saturated rings. The van der Waals surface area contributed by atoms with E-state index in [1.165, 1.54) is 11.3 Å². The molecule has 0 amide bonds. The van der Waals surface area contributed by atoms with Gasteiger partial charge in [0, 0.05) is 30.3 Å². The minimum absolute atomic E-state index is 0.174. The first kappa shape index (κ1) is 15.6. The summed E-state index contributed by atoms with van der Waals surface area (Å²) in [5.41, 5.74) is 2.49. The molecular weight excluding hydrogens is 272 g/mol. The van der Waals surface area contributed by atoms with Gasteiger partial charge in [0.1, 0.15) is 0 Å². The maximum Gasteiger partial charge on any atom is 0.0599 e. The number of benzene rings is 1. The summed E-state index contributed by atoms with van der Waals surface area (Å²) in [6, 6.07) is 6.11. The molecule has 20 heavy (non-hydrogen) atoms. The number of hydrogen-bond donors (Lipinski definition) is 2. The van der Waals surface area contributed by atoms with Crippen LogP contribution in [-0.2, 0) is 6.54 Å². The van der Waals surface area contributed by atoms with E-state index in [9.17, 15) is 5.11 Å². The molecule has 1 aliphatic heterocycles. The first-order valence-electron chi connectivity index (χ1n) is 7.54. The monoisotopic (exact) mass is 296 g/mol. The van der Waals surface area contributed by atoms with Gasteiger partial charge >= 0.3 is 0 Å². The fraction of sp³-hybridized carbons (Fsp3) is 0.625. The van der Waals surface area contributed by atoms with Crippen LogP contribution in [0.25, 0.3) is 0 Å². The molecule has 0 bridgehead atoms. The van der Waals surface area contributed by atoms with Crippen LogP contribution >= 0.6 is 11.6 Å². The quantitative estimate of drug-likeness (QED) is 0.820. The summed E-state index contributed by atoms with van der Waals surface area (Å²) in [4.78, 5) is 2.35. The Morgan fingerprint density at radius 1 is 1.45 bits per heavy atom. The Morgan fingerprint density at radius 3 is 2.95 bits per heavy atom. The van der Waals surface area contributed by atoms with Gasteiger partial charge in [-0.2, -0.15) is 0 Å². The van der Waals surface area contributed by atoms with E-state index in [2.05, 4.69) is 36.2 Å². The first-order valence-corrected chi connectivity index (χ1v) is 7.91. The Balaban J connectivity index is 2.14. The van der Waals surface area contributed by atoms with E-state index < -0.39 is 0 Å². The molecular formula is C16H25ClN2O. The van der Waals surface area contributed by atoms with Crippen molar-refractivity contribution in [3.05, 3.63) is 28.8 Å². The van der Waals surface area contributed by atoms with Crippen molar-refractivity contribution in [3.63, 3.8) is 0 Å². The highest BCUT2D eigenvalue weighted by Gasteiger charge is 2.25. The second-order valence-corrected chi connectivity index (χ2v) is 6.17. The van der Waals surface area contributed by atoms with Gasteiger partial charge in [-0.25, -0.2) is 0 Å². The lowest BCUT2D eigenvalue weighted by Crippen LogP contribution is -2.42. The molecule has 2 atom stereocenters. The van der Waals surface area contributed by atoms with Gasteiger partial charge in [-0.15, -0.1) is 0 Å². The van der Waals surface area contributed by atoms with Crippen LogP contribution in [0.3, 0.4) is 0 Å². The molecule has 2 rings (SSSR count). The van der Waals surface area contributed by atoms with Gasteiger partial charge in [0.2, 0.25) is 0 Å². The van der Waals surface area contributed by atoms with Crippen molar-refractivity contribution < 1.29 is 5.11 Å². The normalized spacial score (nSPS) is 23.1. The highest BCUT2D eigenvalue weighted by molar-refractivity contribution is 6.30. The van der Waals surface area contributed by atoms with Crippen molar-refractivity contribution in [2.24, 2.45) is 5.92 Å². The molecule has 1 aromatic rings. The fourth-order valence-electron chi connectivity index (χ4n) is 2.73. The number of hydrogen-bond acceptors (Lipinski definition) is 3.